The summed E-state index contributed by atoms with van der Waals surface area (Å²) in [6.07, 6.45) is 4.13. The summed E-state index contributed by atoms with van der Waals surface area (Å²) in [7, 11) is 0. The zero-order valence-electron chi connectivity index (χ0n) is 20.5. The fourth-order valence-corrected chi connectivity index (χ4v) is 4.90. The van der Waals surface area contributed by atoms with Gasteiger partial charge in [-0.05, 0) is 79.3 Å². The summed E-state index contributed by atoms with van der Waals surface area (Å²) in [5.41, 5.74) is 6.42. The molecule has 194 valence electrons. The van der Waals surface area contributed by atoms with Gasteiger partial charge >= 0.3 is 0 Å². The van der Waals surface area contributed by atoms with Crippen LogP contribution in [-0.4, -0.2) is 33.9 Å². The molecular weight excluding hydrogens is 515 g/mol. The normalized spacial score (nSPS) is 13.6. The minimum Gasteiger partial charge on any atom is -0.302 e. The van der Waals surface area contributed by atoms with E-state index in [1.54, 1.807) is 34.9 Å². The average Bonchev–Trinajstić information content (AvgIpc) is 2.87. The molecule has 1 fully saturated rings. The SMILES string of the molecule is Cc1nc2ccccn2c(=O)c1CCN1CCC(=C(c2ccc(F)cc2)c2ccc(F)cc2)CC1.Cl.Cl. The minimum absolute atomic E-state index is 0. The summed E-state index contributed by atoms with van der Waals surface area (Å²) in [6.45, 7) is 4.41. The van der Waals surface area contributed by atoms with E-state index < -0.39 is 0 Å². The maximum Gasteiger partial charge on any atom is 0.261 e. The number of hydrogen-bond donors (Lipinski definition) is 0. The summed E-state index contributed by atoms with van der Waals surface area (Å²) in [4.78, 5) is 19.9. The quantitative estimate of drug-likeness (QED) is 0.298. The van der Waals surface area contributed by atoms with Crippen molar-refractivity contribution in [1.82, 2.24) is 14.3 Å². The second kappa shape index (κ2) is 12.5. The van der Waals surface area contributed by atoms with E-state index in [1.807, 2.05) is 25.1 Å². The summed E-state index contributed by atoms with van der Waals surface area (Å²) in [5, 5.41) is 0. The Labute approximate surface area is 227 Å². The second-order valence-electron chi connectivity index (χ2n) is 8.99. The molecule has 2 aromatic carbocycles. The minimum atomic E-state index is -0.276. The van der Waals surface area contributed by atoms with Crippen molar-refractivity contribution >= 4 is 36.0 Å². The van der Waals surface area contributed by atoms with Crippen molar-refractivity contribution in [2.24, 2.45) is 0 Å². The standard InChI is InChI=1S/C29H27F2N3O.2ClH/c1-20-26(29(35)34-16-3-2-4-27(34)32-20)15-19-33-17-13-23(14-18-33)28(21-5-9-24(30)10-6-21)22-7-11-25(31)12-8-22;;/h2-12,16H,13-15,17-19H2,1H3;2*1H. The van der Waals surface area contributed by atoms with E-state index in [2.05, 4.69) is 9.88 Å². The van der Waals surface area contributed by atoms with Crippen LogP contribution >= 0.6 is 24.8 Å². The molecule has 3 heterocycles. The molecule has 5 rings (SSSR count). The van der Waals surface area contributed by atoms with E-state index in [1.165, 1.54) is 29.8 Å². The first kappa shape index (κ1) is 28.5. The largest absolute Gasteiger partial charge is 0.302 e. The van der Waals surface area contributed by atoms with Gasteiger partial charge in [0.15, 0.2) is 0 Å². The zero-order chi connectivity index (χ0) is 24.4. The second-order valence-corrected chi connectivity index (χ2v) is 8.99. The molecule has 0 atom stereocenters. The van der Waals surface area contributed by atoms with Crippen molar-refractivity contribution < 1.29 is 8.78 Å². The van der Waals surface area contributed by atoms with Crippen molar-refractivity contribution in [3.05, 3.63) is 123 Å². The Bertz CT molecular complexity index is 1390. The van der Waals surface area contributed by atoms with Gasteiger partial charge in [-0.25, -0.2) is 13.8 Å². The topological polar surface area (TPSA) is 37.6 Å². The monoisotopic (exact) mass is 543 g/mol. The molecule has 0 aliphatic carbocycles. The summed E-state index contributed by atoms with van der Waals surface area (Å²) in [6, 6.07) is 18.6. The molecule has 1 saturated heterocycles. The van der Waals surface area contributed by atoms with Crippen molar-refractivity contribution in [1.29, 1.82) is 0 Å². The Balaban J connectivity index is 0.00000190. The number of aryl methyl sites for hydroxylation is 1. The Morgan fingerprint density at radius 1 is 0.865 bits per heavy atom. The lowest BCUT2D eigenvalue weighted by Gasteiger charge is -2.30. The molecule has 2 aromatic heterocycles. The molecular formula is C29H29Cl2F2N3O. The molecule has 37 heavy (non-hydrogen) atoms. The summed E-state index contributed by atoms with van der Waals surface area (Å²) in [5.74, 6) is -0.553. The Kier molecular flexibility index (Phi) is 9.60. The number of halogens is 4. The highest BCUT2D eigenvalue weighted by Gasteiger charge is 2.20. The number of piperidine rings is 1. The highest BCUT2D eigenvalue weighted by Crippen LogP contribution is 2.32. The highest BCUT2D eigenvalue weighted by molar-refractivity contribution is 5.85. The molecule has 0 radical (unpaired) electrons. The Morgan fingerprint density at radius 2 is 1.43 bits per heavy atom. The van der Waals surface area contributed by atoms with Crippen LogP contribution in [0.3, 0.4) is 0 Å². The van der Waals surface area contributed by atoms with Crippen molar-refractivity contribution in [3.63, 3.8) is 0 Å². The fraction of sp³-hybridized carbons (Fsp3) is 0.241. The van der Waals surface area contributed by atoms with Crippen LogP contribution in [0.4, 0.5) is 8.78 Å². The van der Waals surface area contributed by atoms with Gasteiger partial charge in [-0.2, -0.15) is 0 Å². The number of nitrogens with zero attached hydrogens (tertiary/aromatic N) is 3. The van der Waals surface area contributed by atoms with Gasteiger partial charge in [0.05, 0.1) is 0 Å². The van der Waals surface area contributed by atoms with Crippen LogP contribution < -0.4 is 5.56 Å². The third-order valence-electron chi connectivity index (χ3n) is 6.79. The van der Waals surface area contributed by atoms with E-state index in [-0.39, 0.29) is 42.0 Å². The van der Waals surface area contributed by atoms with E-state index >= 15 is 0 Å². The van der Waals surface area contributed by atoms with Gasteiger partial charge < -0.3 is 4.90 Å². The third kappa shape index (κ3) is 6.27. The molecule has 0 N–H and O–H groups in total. The molecule has 8 heteroatoms. The van der Waals surface area contributed by atoms with Crippen LogP contribution in [0.2, 0.25) is 0 Å². The zero-order valence-corrected chi connectivity index (χ0v) is 22.1. The number of benzene rings is 2. The van der Waals surface area contributed by atoms with Crippen LogP contribution in [0.1, 0.15) is 35.2 Å². The van der Waals surface area contributed by atoms with Gasteiger partial charge in [0.2, 0.25) is 0 Å². The third-order valence-corrected chi connectivity index (χ3v) is 6.79. The van der Waals surface area contributed by atoms with E-state index in [0.29, 0.717) is 12.1 Å². The van der Waals surface area contributed by atoms with Gasteiger partial charge in [0.25, 0.3) is 5.56 Å². The lowest BCUT2D eigenvalue weighted by atomic mass is 9.88. The maximum absolute atomic E-state index is 13.6. The van der Waals surface area contributed by atoms with Gasteiger partial charge in [-0.15, -0.1) is 24.8 Å². The number of rotatable bonds is 5. The molecule has 4 aromatic rings. The van der Waals surface area contributed by atoms with Gasteiger partial charge in [-0.3, -0.25) is 9.20 Å². The number of hydrogen-bond acceptors (Lipinski definition) is 3. The molecule has 0 saturated carbocycles. The van der Waals surface area contributed by atoms with E-state index in [9.17, 15) is 13.6 Å². The van der Waals surface area contributed by atoms with Crippen molar-refractivity contribution in [2.45, 2.75) is 26.2 Å². The van der Waals surface area contributed by atoms with Crippen molar-refractivity contribution in [3.8, 4) is 0 Å². The van der Waals surface area contributed by atoms with Crippen LogP contribution in [0.15, 0.2) is 83.3 Å². The van der Waals surface area contributed by atoms with E-state index in [0.717, 1.165) is 60.4 Å². The number of likely N-dealkylation sites (tertiary alicyclic amines) is 1. The lowest BCUT2D eigenvalue weighted by Crippen LogP contribution is -2.34. The first-order valence-corrected chi connectivity index (χ1v) is 11.9. The number of pyridine rings is 1. The number of aromatic nitrogens is 2. The van der Waals surface area contributed by atoms with Crippen LogP contribution in [0.5, 0.6) is 0 Å². The molecule has 1 aliphatic rings. The van der Waals surface area contributed by atoms with Gasteiger partial charge in [0.1, 0.15) is 17.3 Å². The predicted octanol–water partition coefficient (Wildman–Crippen LogP) is 6.27. The molecule has 0 amide bonds. The Morgan fingerprint density at radius 3 is 2.00 bits per heavy atom. The highest BCUT2D eigenvalue weighted by atomic mass is 35.5. The lowest BCUT2D eigenvalue weighted by molar-refractivity contribution is 0.259. The Hall–Kier alpha value is -3.06. The fourth-order valence-electron chi connectivity index (χ4n) is 4.90. The summed E-state index contributed by atoms with van der Waals surface area (Å²) < 4.78 is 28.7. The first-order valence-electron chi connectivity index (χ1n) is 11.9. The van der Waals surface area contributed by atoms with Gasteiger partial charge in [-0.1, -0.05) is 35.9 Å². The molecule has 0 spiro atoms. The van der Waals surface area contributed by atoms with Crippen LogP contribution in [-0.2, 0) is 6.42 Å². The molecule has 0 unspecified atom stereocenters. The molecule has 1 aliphatic heterocycles. The molecule has 0 bridgehead atoms. The van der Waals surface area contributed by atoms with Crippen LogP contribution in [0, 0.1) is 18.6 Å². The smallest absolute Gasteiger partial charge is 0.261 e. The van der Waals surface area contributed by atoms with Crippen molar-refractivity contribution in [2.75, 3.05) is 19.6 Å². The molecule has 4 nitrogen and oxygen atoms in total. The van der Waals surface area contributed by atoms with E-state index in [4.69, 9.17) is 0 Å². The average molecular weight is 544 g/mol. The number of fused-ring (bicyclic) bond motifs is 1. The summed E-state index contributed by atoms with van der Waals surface area (Å²) >= 11 is 0. The first-order chi connectivity index (χ1) is 17.0. The van der Waals surface area contributed by atoms with Gasteiger partial charge in [0, 0.05) is 37.1 Å². The maximum atomic E-state index is 13.6. The van der Waals surface area contributed by atoms with Crippen LogP contribution in [0.25, 0.3) is 11.2 Å². The predicted molar refractivity (Wildman–Crippen MR) is 149 cm³/mol.